The first-order valence-corrected chi connectivity index (χ1v) is 16.3. The number of benzene rings is 1. The van der Waals surface area contributed by atoms with Crippen molar-refractivity contribution in [3.63, 3.8) is 0 Å². The van der Waals surface area contributed by atoms with Gasteiger partial charge in [-0.3, -0.25) is 4.79 Å². The van der Waals surface area contributed by atoms with Crippen LogP contribution in [0, 0.1) is 12.8 Å². The van der Waals surface area contributed by atoms with Crippen LogP contribution >= 0.6 is 0 Å². The quantitative estimate of drug-likeness (QED) is 0.301. The van der Waals surface area contributed by atoms with Gasteiger partial charge in [-0.05, 0) is 87.6 Å². The molecule has 224 valence electrons. The Morgan fingerprint density at radius 2 is 1.80 bits per heavy atom. The smallest absolute Gasteiger partial charge is 0.253 e. The van der Waals surface area contributed by atoms with E-state index in [1.807, 2.05) is 33.0 Å². The summed E-state index contributed by atoms with van der Waals surface area (Å²) in [6.07, 6.45) is 9.35. The van der Waals surface area contributed by atoms with E-state index in [0.717, 1.165) is 53.0 Å². The molecule has 40 heavy (non-hydrogen) atoms. The molecule has 1 fully saturated rings. The zero-order chi connectivity index (χ0) is 29.7. The Hall–Kier alpha value is -1.96. The summed E-state index contributed by atoms with van der Waals surface area (Å²) in [4.78, 5) is 14.4. The van der Waals surface area contributed by atoms with E-state index < -0.39 is 11.0 Å². The second kappa shape index (κ2) is 13.8. The average Bonchev–Trinajstić information content (AvgIpc) is 3.21. The minimum absolute atomic E-state index is 0.00541. The maximum absolute atomic E-state index is 13.5. The minimum atomic E-state index is -1.34. The number of nitrogens with zero attached hydrogens (tertiary/aromatic N) is 1. The zero-order valence-electron chi connectivity index (χ0n) is 26.4. The molecule has 7 heteroatoms. The molecule has 0 aliphatic carbocycles. The van der Waals surface area contributed by atoms with E-state index in [9.17, 15) is 9.00 Å². The van der Waals surface area contributed by atoms with E-state index in [1.165, 1.54) is 25.0 Å². The highest BCUT2D eigenvalue weighted by Crippen LogP contribution is 2.33. The van der Waals surface area contributed by atoms with Gasteiger partial charge in [0.05, 0.1) is 10.5 Å². The molecule has 2 heterocycles. The number of ether oxygens (including phenoxy) is 1. The third-order valence-corrected chi connectivity index (χ3v) is 9.41. The monoisotopic (exact) mass is 571 g/mol. The number of amides is 1. The van der Waals surface area contributed by atoms with Gasteiger partial charge >= 0.3 is 0 Å². The summed E-state index contributed by atoms with van der Waals surface area (Å²) in [5, 5.41) is 3.27. The lowest BCUT2D eigenvalue weighted by atomic mass is 9.86. The van der Waals surface area contributed by atoms with E-state index >= 15 is 0 Å². The largest absolute Gasteiger partial charge is 0.381 e. The van der Waals surface area contributed by atoms with Crippen LogP contribution in [0.25, 0.3) is 5.69 Å². The van der Waals surface area contributed by atoms with Gasteiger partial charge in [0.15, 0.2) is 0 Å². The van der Waals surface area contributed by atoms with Gasteiger partial charge in [-0.2, -0.15) is 0 Å². The van der Waals surface area contributed by atoms with Crippen molar-refractivity contribution in [3.05, 3.63) is 46.8 Å². The number of nitrogens with one attached hydrogen (secondary N) is 2. The second-order valence-corrected chi connectivity index (χ2v) is 14.7. The Balaban J connectivity index is 2.09. The molecule has 0 saturated carbocycles. The van der Waals surface area contributed by atoms with E-state index in [0.29, 0.717) is 19.1 Å². The van der Waals surface area contributed by atoms with E-state index in [4.69, 9.17) is 4.74 Å². The lowest BCUT2D eigenvalue weighted by Crippen LogP contribution is -2.39. The highest BCUT2D eigenvalue weighted by atomic mass is 32.2. The van der Waals surface area contributed by atoms with Crippen LogP contribution in [0.2, 0.25) is 0 Å². The van der Waals surface area contributed by atoms with Crippen molar-refractivity contribution in [2.45, 2.75) is 129 Å². The predicted molar refractivity (Wildman–Crippen MR) is 167 cm³/mol. The molecule has 1 saturated heterocycles. The highest BCUT2D eigenvalue weighted by Gasteiger charge is 2.27. The van der Waals surface area contributed by atoms with Crippen molar-refractivity contribution >= 4 is 16.9 Å². The number of carbonyl (C=O) groups excluding carboxylic acids is 1. The van der Waals surface area contributed by atoms with Gasteiger partial charge in [0, 0.05) is 42.4 Å². The van der Waals surface area contributed by atoms with Crippen LogP contribution in [0.5, 0.6) is 0 Å². The molecule has 1 aromatic heterocycles. The number of unbranched alkanes of at least 4 members (excludes halogenated alkanes) is 1. The summed E-state index contributed by atoms with van der Waals surface area (Å²) in [6.45, 7) is 20.6. The summed E-state index contributed by atoms with van der Waals surface area (Å²) in [7, 11) is -1.34. The van der Waals surface area contributed by atoms with Gasteiger partial charge in [-0.15, -0.1) is 0 Å². The Bertz CT molecular complexity index is 1170. The molecule has 1 aliphatic heterocycles. The summed E-state index contributed by atoms with van der Waals surface area (Å²) in [6, 6.07) is 6.38. The van der Waals surface area contributed by atoms with Gasteiger partial charge in [0.1, 0.15) is 11.0 Å². The van der Waals surface area contributed by atoms with Crippen LogP contribution < -0.4 is 10.0 Å². The van der Waals surface area contributed by atoms with Gasteiger partial charge < -0.3 is 14.6 Å². The number of hydrogen-bond acceptors (Lipinski definition) is 3. The number of aromatic nitrogens is 1. The Morgan fingerprint density at radius 1 is 1.12 bits per heavy atom. The maximum atomic E-state index is 13.5. The van der Waals surface area contributed by atoms with Crippen LogP contribution in [0.15, 0.2) is 29.3 Å². The molecule has 0 radical (unpaired) electrons. The van der Waals surface area contributed by atoms with Gasteiger partial charge in [-0.1, -0.05) is 60.3 Å². The number of carbonyl (C=O) groups is 1. The van der Waals surface area contributed by atoms with Crippen LogP contribution in [0.4, 0.5) is 0 Å². The summed E-state index contributed by atoms with van der Waals surface area (Å²) >= 11 is 0. The van der Waals surface area contributed by atoms with E-state index in [1.54, 1.807) is 0 Å². The first kappa shape index (κ1) is 32.6. The molecule has 1 aromatic carbocycles. The molecule has 2 unspecified atom stereocenters. The van der Waals surface area contributed by atoms with Crippen molar-refractivity contribution in [2.75, 3.05) is 13.2 Å². The standard InChI is InChI=1S/C33H53N3O3S/c1-10-12-13-24(11-2)20-29-23(3)27(31(37)34-25-16-18-39-19-17-25)22-36(29)26-14-15-30(28(21-26)32(4,5)6)40(38)35-33(7,8)9/h14-15,21-22,24-25,35H,10-13,16-20H2,1-9H3,(H,34,37). The lowest BCUT2D eigenvalue weighted by molar-refractivity contribution is 0.0696. The molecule has 6 nitrogen and oxygen atoms in total. The second-order valence-electron chi connectivity index (χ2n) is 13.5. The third kappa shape index (κ3) is 8.53. The van der Waals surface area contributed by atoms with Crippen molar-refractivity contribution in [1.82, 2.24) is 14.6 Å². The molecule has 2 N–H and O–H groups in total. The van der Waals surface area contributed by atoms with Crippen LogP contribution in [0.3, 0.4) is 0 Å². The molecule has 3 rings (SSSR count). The lowest BCUT2D eigenvalue weighted by Gasteiger charge is -2.27. The van der Waals surface area contributed by atoms with Crippen molar-refractivity contribution in [1.29, 1.82) is 0 Å². The normalized spacial score (nSPS) is 16.6. The summed E-state index contributed by atoms with van der Waals surface area (Å²) < 4.78 is 24.4. The molecule has 0 bridgehead atoms. The van der Waals surface area contributed by atoms with Crippen molar-refractivity contribution in [2.24, 2.45) is 5.92 Å². The van der Waals surface area contributed by atoms with Gasteiger partial charge in [0.25, 0.3) is 5.91 Å². The Labute approximate surface area is 245 Å². The third-order valence-electron chi connectivity index (χ3n) is 7.86. The average molecular weight is 572 g/mol. The number of rotatable bonds is 11. The first-order chi connectivity index (χ1) is 18.7. The fourth-order valence-corrected chi connectivity index (χ4v) is 6.84. The number of hydrogen-bond donors (Lipinski definition) is 2. The summed E-state index contributed by atoms with van der Waals surface area (Å²) in [5.74, 6) is 0.553. The Morgan fingerprint density at radius 3 is 2.38 bits per heavy atom. The zero-order valence-corrected chi connectivity index (χ0v) is 27.2. The maximum Gasteiger partial charge on any atom is 0.253 e. The first-order valence-electron chi connectivity index (χ1n) is 15.2. The van der Waals surface area contributed by atoms with Crippen molar-refractivity contribution < 1.29 is 13.7 Å². The molecule has 1 aliphatic rings. The van der Waals surface area contributed by atoms with E-state index in [2.05, 4.69) is 68.3 Å². The van der Waals surface area contributed by atoms with Crippen molar-refractivity contribution in [3.8, 4) is 5.69 Å². The molecular weight excluding hydrogens is 518 g/mol. The molecule has 1 amide bonds. The van der Waals surface area contributed by atoms with Gasteiger partial charge in [-0.25, -0.2) is 8.93 Å². The Kier molecular flexibility index (Phi) is 11.2. The van der Waals surface area contributed by atoms with Crippen LogP contribution in [-0.4, -0.2) is 39.5 Å². The molecule has 2 atom stereocenters. The molecule has 2 aromatic rings. The summed E-state index contributed by atoms with van der Waals surface area (Å²) in [5.41, 5.74) is 4.56. The van der Waals surface area contributed by atoms with Crippen LogP contribution in [0.1, 0.15) is 121 Å². The molecule has 0 spiro atoms. The van der Waals surface area contributed by atoms with Crippen LogP contribution in [-0.2, 0) is 27.6 Å². The fraction of sp³-hybridized carbons (Fsp3) is 0.667. The van der Waals surface area contributed by atoms with Gasteiger partial charge in [0.2, 0.25) is 0 Å². The SMILES string of the molecule is CCCCC(CC)Cc1c(C)c(C(=O)NC2CCOCC2)cn1-c1ccc(S(=O)NC(C)(C)C)c(C(C)(C)C)c1. The highest BCUT2D eigenvalue weighted by molar-refractivity contribution is 7.83. The molecular formula is C33H53N3O3S. The fourth-order valence-electron chi connectivity index (χ4n) is 5.42. The predicted octanol–water partition coefficient (Wildman–Crippen LogP) is 7.16. The topological polar surface area (TPSA) is 72.4 Å². The minimum Gasteiger partial charge on any atom is -0.381 e. The van der Waals surface area contributed by atoms with E-state index in [-0.39, 0.29) is 22.9 Å².